The van der Waals surface area contributed by atoms with E-state index >= 15 is 0 Å². The first-order valence-corrected chi connectivity index (χ1v) is 11.8. The van der Waals surface area contributed by atoms with Crippen molar-refractivity contribution in [3.8, 4) is 17.2 Å². The summed E-state index contributed by atoms with van der Waals surface area (Å²) in [5.41, 5.74) is 2.85. The van der Waals surface area contributed by atoms with E-state index < -0.39 is 18.1 Å². The zero-order valence-corrected chi connectivity index (χ0v) is 21.1. The molecule has 5 nitrogen and oxygen atoms in total. The number of rotatable bonds is 12. The van der Waals surface area contributed by atoms with Crippen LogP contribution in [-0.2, 0) is 0 Å². The highest BCUT2D eigenvalue weighted by Gasteiger charge is 2.25. The van der Waals surface area contributed by atoms with Crippen LogP contribution < -0.4 is 9.47 Å². The summed E-state index contributed by atoms with van der Waals surface area (Å²) in [6.07, 6.45) is 5.18. The molecule has 3 atom stereocenters. The fourth-order valence-electron chi connectivity index (χ4n) is 3.70. The summed E-state index contributed by atoms with van der Waals surface area (Å²) in [7, 11) is 3.13. The normalized spacial score (nSPS) is 14.5. The number of methoxy groups -OCH3 is 2. The zero-order chi connectivity index (χ0) is 23.7. The molecule has 0 saturated carbocycles. The summed E-state index contributed by atoms with van der Waals surface area (Å²) < 4.78 is 11.2. The molecular weight excluding hydrogens is 519 g/mol. The Bertz CT molecular complexity index is 907. The average molecular weight is 552 g/mol. The van der Waals surface area contributed by atoms with Gasteiger partial charge in [-0.3, -0.25) is 0 Å². The molecular formula is C26H33IO5. The van der Waals surface area contributed by atoms with E-state index in [-0.39, 0.29) is 5.75 Å². The molecule has 0 saturated heterocycles. The van der Waals surface area contributed by atoms with Crippen LogP contribution in [0.4, 0.5) is 0 Å². The first kappa shape index (κ1) is 26.2. The molecule has 0 radical (unpaired) electrons. The number of aliphatic hydroxyl groups is 2. The van der Waals surface area contributed by atoms with Gasteiger partial charge in [0.2, 0.25) is 0 Å². The van der Waals surface area contributed by atoms with E-state index in [0.29, 0.717) is 29.9 Å². The summed E-state index contributed by atoms with van der Waals surface area (Å²) in [6.45, 7) is 5.95. The number of hydrogen-bond acceptors (Lipinski definition) is 5. The third-order valence-corrected chi connectivity index (χ3v) is 6.33. The van der Waals surface area contributed by atoms with Gasteiger partial charge in [-0.1, -0.05) is 43.2 Å². The molecule has 0 fully saturated rings. The molecule has 0 amide bonds. The SMILES string of the molecule is C=C[C@H]([C@H](O)CC/C(=C/c1cc(I)c(O)c(OC)c1)CCC)[C@H](O)c1ccc(OC)cc1. The standard InChI is InChI=1S/C26H33IO5/c1-5-7-17(14-18-15-22(27)26(30)24(16-18)32-4)8-13-23(28)21(6-2)25(29)19-9-11-20(31-3)12-10-19/h6,9-12,14-16,21,23,25,28-30H,2,5,7-8,13H2,1,3-4H3/b17-14+/t21-,23-,25-/m1/s1. The molecule has 174 valence electrons. The molecule has 32 heavy (non-hydrogen) atoms. The van der Waals surface area contributed by atoms with Crippen LogP contribution in [0.3, 0.4) is 0 Å². The number of ether oxygens (including phenoxy) is 2. The van der Waals surface area contributed by atoms with Gasteiger partial charge in [0.1, 0.15) is 5.75 Å². The Hall–Kier alpha value is -2.03. The molecule has 6 heteroatoms. The smallest absolute Gasteiger partial charge is 0.171 e. The van der Waals surface area contributed by atoms with E-state index in [1.54, 1.807) is 37.5 Å². The third-order valence-electron chi connectivity index (χ3n) is 5.51. The minimum absolute atomic E-state index is 0.138. The first-order valence-electron chi connectivity index (χ1n) is 10.7. The highest BCUT2D eigenvalue weighted by Crippen LogP contribution is 2.34. The summed E-state index contributed by atoms with van der Waals surface area (Å²) in [4.78, 5) is 0. The molecule has 0 aliphatic rings. The third kappa shape index (κ3) is 6.98. The van der Waals surface area contributed by atoms with E-state index in [1.807, 2.05) is 12.1 Å². The zero-order valence-electron chi connectivity index (χ0n) is 18.9. The van der Waals surface area contributed by atoms with Crippen LogP contribution in [0.15, 0.2) is 54.6 Å². The number of allylic oxidation sites excluding steroid dienone is 1. The van der Waals surface area contributed by atoms with Gasteiger partial charge in [0, 0.05) is 5.92 Å². The Labute approximate surface area is 204 Å². The van der Waals surface area contributed by atoms with Crippen molar-refractivity contribution in [1.82, 2.24) is 0 Å². The second kappa shape index (κ2) is 12.9. The quantitative estimate of drug-likeness (QED) is 0.227. The van der Waals surface area contributed by atoms with Crippen molar-refractivity contribution in [3.63, 3.8) is 0 Å². The van der Waals surface area contributed by atoms with E-state index in [0.717, 1.165) is 22.0 Å². The maximum atomic E-state index is 10.8. The maximum Gasteiger partial charge on any atom is 0.171 e. The summed E-state index contributed by atoms with van der Waals surface area (Å²) in [5, 5.41) is 31.7. The van der Waals surface area contributed by atoms with Crippen LogP contribution in [0.2, 0.25) is 0 Å². The largest absolute Gasteiger partial charge is 0.504 e. The van der Waals surface area contributed by atoms with E-state index in [2.05, 4.69) is 42.2 Å². The van der Waals surface area contributed by atoms with Crippen LogP contribution >= 0.6 is 22.6 Å². The molecule has 0 heterocycles. The molecule has 0 unspecified atom stereocenters. The van der Waals surface area contributed by atoms with E-state index in [1.165, 1.54) is 12.7 Å². The van der Waals surface area contributed by atoms with Gasteiger partial charge in [-0.25, -0.2) is 0 Å². The Morgan fingerprint density at radius 3 is 2.34 bits per heavy atom. The lowest BCUT2D eigenvalue weighted by Gasteiger charge is -2.25. The van der Waals surface area contributed by atoms with Gasteiger partial charge < -0.3 is 24.8 Å². The number of aliphatic hydroxyl groups excluding tert-OH is 2. The Morgan fingerprint density at radius 1 is 1.09 bits per heavy atom. The van der Waals surface area contributed by atoms with Crippen molar-refractivity contribution in [2.45, 2.75) is 44.8 Å². The van der Waals surface area contributed by atoms with Gasteiger partial charge in [0.25, 0.3) is 0 Å². The minimum atomic E-state index is -0.852. The first-order chi connectivity index (χ1) is 15.3. The molecule has 2 aromatic rings. The fraction of sp³-hybridized carbons (Fsp3) is 0.385. The number of hydrogen-bond donors (Lipinski definition) is 3. The molecule has 2 rings (SSSR count). The summed E-state index contributed by atoms with van der Waals surface area (Å²) in [5.74, 6) is 0.805. The van der Waals surface area contributed by atoms with Crippen molar-refractivity contribution in [1.29, 1.82) is 0 Å². The molecule has 0 aliphatic heterocycles. The number of phenols is 1. The second-order valence-electron chi connectivity index (χ2n) is 7.74. The Morgan fingerprint density at radius 2 is 1.78 bits per heavy atom. The number of halogens is 1. The van der Waals surface area contributed by atoms with Crippen molar-refractivity contribution in [2.75, 3.05) is 14.2 Å². The molecule has 0 aromatic heterocycles. The lowest BCUT2D eigenvalue weighted by atomic mass is 9.87. The van der Waals surface area contributed by atoms with Gasteiger partial charge in [0.05, 0.1) is 30.0 Å². The number of benzene rings is 2. The van der Waals surface area contributed by atoms with Crippen LogP contribution in [-0.4, -0.2) is 35.6 Å². The van der Waals surface area contributed by atoms with Gasteiger partial charge in [-0.2, -0.15) is 0 Å². The van der Waals surface area contributed by atoms with Crippen molar-refractivity contribution in [2.24, 2.45) is 5.92 Å². The lowest BCUT2D eigenvalue weighted by Crippen LogP contribution is -2.25. The molecule has 0 bridgehead atoms. The van der Waals surface area contributed by atoms with Crippen LogP contribution in [0, 0.1) is 9.49 Å². The predicted molar refractivity (Wildman–Crippen MR) is 137 cm³/mol. The number of aromatic hydroxyl groups is 1. The molecule has 3 N–H and O–H groups in total. The van der Waals surface area contributed by atoms with E-state index in [9.17, 15) is 15.3 Å². The van der Waals surface area contributed by atoms with Crippen LogP contribution in [0.5, 0.6) is 17.2 Å². The molecule has 0 aliphatic carbocycles. The predicted octanol–water partition coefficient (Wildman–Crippen LogP) is 5.87. The van der Waals surface area contributed by atoms with Gasteiger partial charge in [-0.05, 0) is 77.2 Å². The number of phenolic OH excluding ortho intramolecular Hbond substituents is 1. The second-order valence-corrected chi connectivity index (χ2v) is 8.91. The molecule has 2 aromatic carbocycles. The van der Waals surface area contributed by atoms with Crippen molar-refractivity contribution < 1.29 is 24.8 Å². The molecule has 0 spiro atoms. The fourth-order valence-corrected chi connectivity index (χ4v) is 4.33. The topological polar surface area (TPSA) is 79.2 Å². The Kier molecular flexibility index (Phi) is 10.5. The maximum absolute atomic E-state index is 10.8. The van der Waals surface area contributed by atoms with Crippen molar-refractivity contribution in [3.05, 3.63) is 69.3 Å². The monoisotopic (exact) mass is 552 g/mol. The van der Waals surface area contributed by atoms with Gasteiger partial charge in [-0.15, -0.1) is 6.58 Å². The average Bonchev–Trinajstić information content (AvgIpc) is 2.80. The summed E-state index contributed by atoms with van der Waals surface area (Å²) in [6, 6.07) is 10.9. The summed E-state index contributed by atoms with van der Waals surface area (Å²) >= 11 is 2.08. The highest BCUT2D eigenvalue weighted by atomic mass is 127. The van der Waals surface area contributed by atoms with Gasteiger partial charge >= 0.3 is 0 Å². The van der Waals surface area contributed by atoms with Crippen LogP contribution in [0.25, 0.3) is 6.08 Å². The minimum Gasteiger partial charge on any atom is -0.504 e. The Balaban J connectivity index is 2.13. The van der Waals surface area contributed by atoms with Crippen molar-refractivity contribution >= 4 is 28.7 Å². The lowest BCUT2D eigenvalue weighted by molar-refractivity contribution is 0.0318. The van der Waals surface area contributed by atoms with Crippen LogP contribution in [0.1, 0.15) is 49.8 Å². The van der Waals surface area contributed by atoms with E-state index in [4.69, 9.17) is 9.47 Å². The highest BCUT2D eigenvalue weighted by molar-refractivity contribution is 14.1. The van der Waals surface area contributed by atoms with Gasteiger partial charge in [0.15, 0.2) is 11.5 Å².